The first-order chi connectivity index (χ1) is 8.90. The number of amides is 3. The van der Waals surface area contributed by atoms with Crippen LogP contribution in [-0.4, -0.2) is 23.8 Å². The molecule has 0 spiro atoms. The Hall–Kier alpha value is -2.37. The standard InChI is InChI=1S/C13H17N3O3/c1-8(2)14-12(18)13(19)16-15-11(17)10-6-4-9(3)5-7-10/h4-8H,1-3H3,(H,14,18)(H,15,17)(H,16,19). The molecule has 3 N–H and O–H groups in total. The fourth-order valence-corrected chi connectivity index (χ4v) is 1.28. The Bertz CT molecular complexity index is 480. The van der Waals surface area contributed by atoms with Gasteiger partial charge in [-0.2, -0.15) is 0 Å². The van der Waals surface area contributed by atoms with Gasteiger partial charge in [0.15, 0.2) is 0 Å². The molecule has 0 saturated heterocycles. The van der Waals surface area contributed by atoms with E-state index in [9.17, 15) is 14.4 Å². The van der Waals surface area contributed by atoms with E-state index < -0.39 is 17.7 Å². The lowest BCUT2D eigenvalue weighted by molar-refractivity contribution is -0.139. The first-order valence-corrected chi connectivity index (χ1v) is 5.88. The van der Waals surface area contributed by atoms with Crippen molar-refractivity contribution in [1.29, 1.82) is 0 Å². The molecule has 1 aromatic rings. The largest absolute Gasteiger partial charge is 0.346 e. The minimum atomic E-state index is -0.908. The van der Waals surface area contributed by atoms with Gasteiger partial charge in [-0.05, 0) is 32.9 Å². The van der Waals surface area contributed by atoms with E-state index >= 15 is 0 Å². The normalized spacial score (nSPS) is 9.89. The summed E-state index contributed by atoms with van der Waals surface area (Å²) in [4.78, 5) is 34.3. The maximum atomic E-state index is 11.6. The molecule has 0 saturated carbocycles. The molecule has 0 fully saturated rings. The molecular formula is C13H17N3O3. The van der Waals surface area contributed by atoms with Crippen LogP contribution in [0, 0.1) is 6.92 Å². The number of nitrogens with one attached hydrogen (secondary N) is 3. The third-order valence-electron chi connectivity index (χ3n) is 2.23. The van der Waals surface area contributed by atoms with Crippen LogP contribution in [-0.2, 0) is 9.59 Å². The molecule has 19 heavy (non-hydrogen) atoms. The van der Waals surface area contributed by atoms with Gasteiger partial charge in [-0.15, -0.1) is 0 Å². The van der Waals surface area contributed by atoms with Crippen molar-refractivity contribution in [3.63, 3.8) is 0 Å². The molecular weight excluding hydrogens is 246 g/mol. The molecule has 0 bridgehead atoms. The Kier molecular flexibility index (Phi) is 5.05. The van der Waals surface area contributed by atoms with E-state index in [2.05, 4.69) is 16.2 Å². The number of carbonyl (C=O) groups is 3. The van der Waals surface area contributed by atoms with Crippen LogP contribution in [0.1, 0.15) is 29.8 Å². The van der Waals surface area contributed by atoms with Gasteiger partial charge in [0.1, 0.15) is 0 Å². The van der Waals surface area contributed by atoms with E-state index in [1.54, 1.807) is 38.1 Å². The summed E-state index contributed by atoms with van der Waals surface area (Å²) >= 11 is 0. The predicted octanol–water partition coefficient (Wildman–Crippen LogP) is 0.281. The fourth-order valence-electron chi connectivity index (χ4n) is 1.28. The van der Waals surface area contributed by atoms with E-state index in [0.717, 1.165) is 5.56 Å². The lowest BCUT2D eigenvalue weighted by atomic mass is 10.1. The van der Waals surface area contributed by atoms with Crippen molar-refractivity contribution in [3.05, 3.63) is 35.4 Å². The molecule has 1 aromatic carbocycles. The predicted molar refractivity (Wildman–Crippen MR) is 70.1 cm³/mol. The lowest BCUT2D eigenvalue weighted by Crippen LogP contribution is -2.49. The van der Waals surface area contributed by atoms with Gasteiger partial charge in [-0.1, -0.05) is 17.7 Å². The van der Waals surface area contributed by atoms with Gasteiger partial charge < -0.3 is 5.32 Å². The Labute approximate surface area is 111 Å². The Morgan fingerprint density at radius 1 is 0.947 bits per heavy atom. The zero-order valence-electron chi connectivity index (χ0n) is 11.1. The topological polar surface area (TPSA) is 87.3 Å². The van der Waals surface area contributed by atoms with Gasteiger partial charge in [-0.3, -0.25) is 25.2 Å². The summed E-state index contributed by atoms with van der Waals surface area (Å²) in [5, 5.41) is 2.41. The highest BCUT2D eigenvalue weighted by molar-refractivity contribution is 6.35. The summed E-state index contributed by atoms with van der Waals surface area (Å²) in [6, 6.07) is 6.67. The van der Waals surface area contributed by atoms with E-state index in [0.29, 0.717) is 5.56 Å². The van der Waals surface area contributed by atoms with Crippen molar-refractivity contribution in [2.45, 2.75) is 26.8 Å². The highest BCUT2D eigenvalue weighted by Crippen LogP contribution is 2.02. The monoisotopic (exact) mass is 263 g/mol. The summed E-state index contributed by atoms with van der Waals surface area (Å²) < 4.78 is 0. The second kappa shape index (κ2) is 6.53. The van der Waals surface area contributed by atoms with Crippen molar-refractivity contribution < 1.29 is 14.4 Å². The molecule has 6 heteroatoms. The van der Waals surface area contributed by atoms with E-state index in [1.165, 1.54) is 0 Å². The highest BCUT2D eigenvalue weighted by atomic mass is 16.2. The Morgan fingerprint density at radius 3 is 2.05 bits per heavy atom. The summed E-state index contributed by atoms with van der Waals surface area (Å²) in [7, 11) is 0. The third-order valence-corrected chi connectivity index (χ3v) is 2.23. The molecule has 0 radical (unpaired) electrons. The molecule has 0 heterocycles. The van der Waals surface area contributed by atoms with Crippen molar-refractivity contribution in [2.24, 2.45) is 0 Å². The maximum Gasteiger partial charge on any atom is 0.327 e. The molecule has 6 nitrogen and oxygen atoms in total. The molecule has 3 amide bonds. The fraction of sp³-hybridized carbons (Fsp3) is 0.308. The van der Waals surface area contributed by atoms with Gasteiger partial charge in [0.2, 0.25) is 0 Å². The summed E-state index contributed by atoms with van der Waals surface area (Å²) in [5.41, 5.74) is 5.65. The maximum absolute atomic E-state index is 11.6. The first kappa shape index (κ1) is 14.7. The van der Waals surface area contributed by atoms with Crippen molar-refractivity contribution in [3.8, 4) is 0 Å². The second-order valence-corrected chi connectivity index (χ2v) is 4.40. The lowest BCUT2D eigenvalue weighted by Gasteiger charge is -2.09. The number of benzene rings is 1. The Balaban J connectivity index is 2.48. The van der Waals surface area contributed by atoms with Crippen LogP contribution < -0.4 is 16.2 Å². The van der Waals surface area contributed by atoms with Gasteiger partial charge >= 0.3 is 11.8 Å². The minimum Gasteiger partial charge on any atom is -0.346 e. The number of hydrogen-bond donors (Lipinski definition) is 3. The number of hydrazine groups is 1. The second-order valence-electron chi connectivity index (χ2n) is 4.40. The zero-order chi connectivity index (χ0) is 14.4. The van der Waals surface area contributed by atoms with Gasteiger partial charge in [0, 0.05) is 11.6 Å². The molecule has 1 rings (SSSR count). The molecule has 0 aromatic heterocycles. The number of rotatable bonds is 2. The average molecular weight is 263 g/mol. The van der Waals surface area contributed by atoms with E-state index in [4.69, 9.17) is 0 Å². The van der Waals surface area contributed by atoms with Crippen LogP contribution in [0.15, 0.2) is 24.3 Å². The SMILES string of the molecule is Cc1ccc(C(=O)NNC(=O)C(=O)NC(C)C)cc1. The molecule has 0 atom stereocenters. The van der Waals surface area contributed by atoms with Crippen molar-refractivity contribution in [2.75, 3.05) is 0 Å². The average Bonchev–Trinajstić information content (AvgIpc) is 2.35. The first-order valence-electron chi connectivity index (χ1n) is 5.88. The summed E-state index contributed by atoms with van der Waals surface area (Å²) in [6.45, 7) is 5.37. The van der Waals surface area contributed by atoms with Gasteiger partial charge in [-0.25, -0.2) is 0 Å². The molecule has 0 aliphatic rings. The van der Waals surface area contributed by atoms with Crippen molar-refractivity contribution >= 4 is 17.7 Å². The van der Waals surface area contributed by atoms with E-state index in [-0.39, 0.29) is 6.04 Å². The summed E-state index contributed by atoms with van der Waals surface area (Å²) in [5.74, 6) is -2.18. The minimum absolute atomic E-state index is 0.147. The summed E-state index contributed by atoms with van der Waals surface area (Å²) in [6.07, 6.45) is 0. The smallest absolute Gasteiger partial charge is 0.327 e. The van der Waals surface area contributed by atoms with E-state index in [1.807, 2.05) is 6.92 Å². The van der Waals surface area contributed by atoms with Gasteiger partial charge in [0.25, 0.3) is 5.91 Å². The molecule has 0 aliphatic carbocycles. The quantitative estimate of drug-likeness (QED) is 0.529. The third kappa shape index (κ3) is 4.79. The van der Waals surface area contributed by atoms with Crippen LogP contribution in [0.5, 0.6) is 0 Å². The highest BCUT2D eigenvalue weighted by Gasteiger charge is 2.15. The zero-order valence-corrected chi connectivity index (χ0v) is 11.1. The molecule has 0 aliphatic heterocycles. The number of carbonyl (C=O) groups excluding carboxylic acids is 3. The van der Waals surface area contributed by atoms with Crippen LogP contribution >= 0.6 is 0 Å². The molecule has 102 valence electrons. The van der Waals surface area contributed by atoms with Crippen LogP contribution in [0.3, 0.4) is 0 Å². The Morgan fingerprint density at radius 2 is 1.53 bits per heavy atom. The molecule has 0 unspecified atom stereocenters. The van der Waals surface area contributed by atoms with Crippen LogP contribution in [0.25, 0.3) is 0 Å². The van der Waals surface area contributed by atoms with Gasteiger partial charge in [0.05, 0.1) is 0 Å². The van der Waals surface area contributed by atoms with Crippen molar-refractivity contribution in [1.82, 2.24) is 16.2 Å². The van der Waals surface area contributed by atoms with Crippen LogP contribution in [0.2, 0.25) is 0 Å². The number of aryl methyl sites for hydroxylation is 1. The number of hydrogen-bond acceptors (Lipinski definition) is 3. The van der Waals surface area contributed by atoms with Crippen LogP contribution in [0.4, 0.5) is 0 Å².